The zero-order chi connectivity index (χ0) is 15.5. The Balaban J connectivity index is 2.30. The Labute approximate surface area is 126 Å². The minimum Gasteiger partial charge on any atom is -0.310 e. The minimum absolute atomic E-state index is 0.0468. The fourth-order valence-electron chi connectivity index (χ4n) is 2.27. The molecule has 0 aliphatic rings. The molecular weight excluding hydrogens is 262 g/mol. The Morgan fingerprint density at radius 1 is 1.19 bits per heavy atom. The monoisotopic (exact) mass is 287 g/mol. The van der Waals surface area contributed by atoms with E-state index < -0.39 is 0 Å². The van der Waals surface area contributed by atoms with E-state index in [4.69, 9.17) is 0 Å². The standard InChI is InChI=1S/C16H25N5/c1-12(2)10-17-11-15-18-19-20-21(15)14-9-7-6-8-13(14)16(3,4)5/h6-9,12,17H,10-11H2,1-5H3. The zero-order valence-corrected chi connectivity index (χ0v) is 13.6. The van der Waals surface area contributed by atoms with Gasteiger partial charge >= 0.3 is 0 Å². The van der Waals surface area contributed by atoms with Gasteiger partial charge in [-0.1, -0.05) is 52.8 Å². The SMILES string of the molecule is CC(C)CNCc1nnnn1-c1ccccc1C(C)(C)C. The van der Waals surface area contributed by atoms with Gasteiger partial charge < -0.3 is 5.32 Å². The number of hydrogen-bond donors (Lipinski definition) is 1. The number of tetrazole rings is 1. The fourth-order valence-corrected chi connectivity index (χ4v) is 2.27. The van der Waals surface area contributed by atoms with Gasteiger partial charge in [-0.05, 0) is 39.9 Å². The minimum atomic E-state index is 0.0468. The third-order valence-electron chi connectivity index (χ3n) is 3.31. The predicted molar refractivity (Wildman–Crippen MR) is 84.4 cm³/mol. The van der Waals surface area contributed by atoms with Gasteiger partial charge in [-0.15, -0.1) is 5.10 Å². The average Bonchev–Trinajstić information content (AvgIpc) is 2.85. The molecule has 0 aliphatic heterocycles. The van der Waals surface area contributed by atoms with Crippen LogP contribution in [0.5, 0.6) is 0 Å². The van der Waals surface area contributed by atoms with Crippen molar-refractivity contribution in [2.24, 2.45) is 5.92 Å². The van der Waals surface area contributed by atoms with Gasteiger partial charge in [0.25, 0.3) is 0 Å². The van der Waals surface area contributed by atoms with Crippen LogP contribution in [0.2, 0.25) is 0 Å². The van der Waals surface area contributed by atoms with Crippen LogP contribution in [0.4, 0.5) is 0 Å². The molecule has 1 heterocycles. The highest BCUT2D eigenvalue weighted by Gasteiger charge is 2.20. The van der Waals surface area contributed by atoms with Gasteiger partial charge in [-0.2, -0.15) is 4.68 Å². The highest BCUT2D eigenvalue weighted by molar-refractivity contribution is 5.44. The van der Waals surface area contributed by atoms with Crippen LogP contribution in [0.1, 0.15) is 46.0 Å². The average molecular weight is 287 g/mol. The molecule has 5 nitrogen and oxygen atoms in total. The maximum absolute atomic E-state index is 4.17. The first-order chi connectivity index (χ1) is 9.89. The second-order valence-corrected chi connectivity index (χ2v) is 6.80. The molecule has 2 rings (SSSR count). The Morgan fingerprint density at radius 2 is 1.90 bits per heavy atom. The lowest BCUT2D eigenvalue weighted by Crippen LogP contribution is -2.22. The molecule has 5 heteroatoms. The van der Waals surface area contributed by atoms with Crippen LogP contribution in [-0.2, 0) is 12.0 Å². The highest BCUT2D eigenvalue weighted by Crippen LogP contribution is 2.28. The molecule has 0 spiro atoms. The van der Waals surface area contributed by atoms with Crippen molar-refractivity contribution in [2.75, 3.05) is 6.54 Å². The van der Waals surface area contributed by atoms with Gasteiger partial charge in [0, 0.05) is 0 Å². The summed E-state index contributed by atoms with van der Waals surface area (Å²) in [5, 5.41) is 15.6. The molecule has 1 aromatic heterocycles. The van der Waals surface area contributed by atoms with E-state index in [1.165, 1.54) is 5.56 Å². The van der Waals surface area contributed by atoms with Crippen molar-refractivity contribution < 1.29 is 0 Å². The molecule has 21 heavy (non-hydrogen) atoms. The molecule has 114 valence electrons. The Morgan fingerprint density at radius 3 is 2.57 bits per heavy atom. The van der Waals surface area contributed by atoms with Crippen LogP contribution in [0.3, 0.4) is 0 Å². The van der Waals surface area contributed by atoms with Gasteiger partial charge in [0.1, 0.15) is 0 Å². The van der Waals surface area contributed by atoms with E-state index in [9.17, 15) is 0 Å². The first kappa shape index (κ1) is 15.6. The third-order valence-corrected chi connectivity index (χ3v) is 3.31. The molecular formula is C16H25N5. The van der Waals surface area contributed by atoms with Crippen LogP contribution in [0.25, 0.3) is 5.69 Å². The van der Waals surface area contributed by atoms with Gasteiger partial charge in [-0.3, -0.25) is 0 Å². The van der Waals surface area contributed by atoms with E-state index in [1.807, 2.05) is 10.7 Å². The number of hydrogen-bond acceptors (Lipinski definition) is 4. The fraction of sp³-hybridized carbons (Fsp3) is 0.562. The number of nitrogens with one attached hydrogen (secondary N) is 1. The molecule has 0 saturated carbocycles. The van der Waals surface area contributed by atoms with Crippen LogP contribution in [-0.4, -0.2) is 26.8 Å². The summed E-state index contributed by atoms with van der Waals surface area (Å²) in [6, 6.07) is 8.30. The van der Waals surface area contributed by atoms with Crippen LogP contribution < -0.4 is 5.32 Å². The maximum Gasteiger partial charge on any atom is 0.170 e. The summed E-state index contributed by atoms with van der Waals surface area (Å²) in [6.45, 7) is 12.6. The zero-order valence-electron chi connectivity index (χ0n) is 13.6. The second-order valence-electron chi connectivity index (χ2n) is 6.80. The van der Waals surface area contributed by atoms with E-state index in [1.54, 1.807) is 0 Å². The van der Waals surface area contributed by atoms with Crippen molar-refractivity contribution in [2.45, 2.75) is 46.6 Å². The number of nitrogens with zero attached hydrogens (tertiary/aromatic N) is 4. The predicted octanol–water partition coefficient (Wildman–Crippen LogP) is 2.71. The lowest BCUT2D eigenvalue weighted by atomic mass is 9.86. The van der Waals surface area contributed by atoms with Crippen molar-refractivity contribution >= 4 is 0 Å². The van der Waals surface area contributed by atoms with Gasteiger partial charge in [-0.25, -0.2) is 0 Å². The molecule has 0 bridgehead atoms. The summed E-state index contributed by atoms with van der Waals surface area (Å²) in [4.78, 5) is 0. The van der Waals surface area contributed by atoms with Crippen LogP contribution >= 0.6 is 0 Å². The van der Waals surface area contributed by atoms with Crippen molar-refractivity contribution in [1.29, 1.82) is 0 Å². The quantitative estimate of drug-likeness (QED) is 0.918. The number of rotatable bonds is 5. The molecule has 0 saturated heterocycles. The first-order valence-electron chi connectivity index (χ1n) is 7.47. The van der Waals surface area contributed by atoms with Crippen molar-refractivity contribution in [3.63, 3.8) is 0 Å². The summed E-state index contributed by atoms with van der Waals surface area (Å²) in [5.74, 6) is 1.45. The van der Waals surface area contributed by atoms with Crippen molar-refractivity contribution in [3.8, 4) is 5.69 Å². The Hall–Kier alpha value is -1.75. The summed E-state index contributed by atoms with van der Waals surface area (Å²) in [7, 11) is 0. The normalized spacial score (nSPS) is 12.1. The van der Waals surface area contributed by atoms with Crippen molar-refractivity contribution in [1.82, 2.24) is 25.5 Å². The summed E-state index contributed by atoms with van der Waals surface area (Å²) in [5.41, 5.74) is 2.34. The van der Waals surface area contributed by atoms with Crippen LogP contribution in [0, 0.1) is 5.92 Å². The molecule has 1 N–H and O–H groups in total. The highest BCUT2D eigenvalue weighted by atomic mass is 15.5. The van der Waals surface area contributed by atoms with Gasteiger partial charge in [0.05, 0.1) is 12.2 Å². The molecule has 2 aromatic rings. The van der Waals surface area contributed by atoms with E-state index >= 15 is 0 Å². The second kappa shape index (κ2) is 6.35. The lowest BCUT2D eigenvalue weighted by molar-refractivity contribution is 0.535. The summed E-state index contributed by atoms with van der Waals surface area (Å²) >= 11 is 0. The molecule has 0 amide bonds. The topological polar surface area (TPSA) is 55.6 Å². The van der Waals surface area contributed by atoms with E-state index in [2.05, 4.69) is 73.7 Å². The van der Waals surface area contributed by atoms with Crippen molar-refractivity contribution in [3.05, 3.63) is 35.7 Å². The Bertz CT molecular complexity index is 580. The summed E-state index contributed by atoms with van der Waals surface area (Å²) in [6.07, 6.45) is 0. The molecule has 0 aliphatic carbocycles. The third kappa shape index (κ3) is 3.88. The summed E-state index contributed by atoms with van der Waals surface area (Å²) < 4.78 is 1.84. The van der Waals surface area contributed by atoms with Crippen LogP contribution in [0.15, 0.2) is 24.3 Å². The smallest absolute Gasteiger partial charge is 0.170 e. The van der Waals surface area contributed by atoms with Gasteiger partial charge in [0.2, 0.25) is 0 Å². The van der Waals surface area contributed by atoms with Gasteiger partial charge in [0.15, 0.2) is 5.82 Å². The molecule has 0 radical (unpaired) electrons. The van der Waals surface area contributed by atoms with E-state index in [-0.39, 0.29) is 5.41 Å². The molecule has 0 unspecified atom stereocenters. The molecule has 0 atom stereocenters. The lowest BCUT2D eigenvalue weighted by Gasteiger charge is -2.22. The number of para-hydroxylation sites is 1. The number of aromatic nitrogens is 4. The number of benzene rings is 1. The first-order valence-corrected chi connectivity index (χ1v) is 7.47. The van der Waals surface area contributed by atoms with E-state index in [0.717, 1.165) is 18.1 Å². The Kier molecular flexibility index (Phi) is 4.73. The largest absolute Gasteiger partial charge is 0.310 e. The molecule has 0 fully saturated rings. The van der Waals surface area contributed by atoms with E-state index in [0.29, 0.717) is 12.5 Å². The molecule has 1 aromatic carbocycles. The maximum atomic E-state index is 4.17.